The minimum Gasteiger partial charge on any atom is -0.376 e. The van der Waals surface area contributed by atoms with Crippen LogP contribution in [0.5, 0.6) is 0 Å². The number of rotatable bonds is 5. The van der Waals surface area contributed by atoms with Crippen molar-refractivity contribution < 1.29 is 14.1 Å². The van der Waals surface area contributed by atoms with Crippen LogP contribution in [-0.2, 0) is 4.79 Å². The summed E-state index contributed by atoms with van der Waals surface area (Å²) in [5, 5.41) is 9.46. The van der Waals surface area contributed by atoms with Gasteiger partial charge >= 0.3 is 0 Å². The van der Waals surface area contributed by atoms with Gasteiger partial charge in [0, 0.05) is 30.4 Å². The predicted octanol–water partition coefficient (Wildman–Crippen LogP) is 3.21. The van der Waals surface area contributed by atoms with Crippen LogP contribution in [0.4, 0.5) is 11.6 Å². The van der Waals surface area contributed by atoms with E-state index in [1.807, 2.05) is 30.0 Å². The van der Waals surface area contributed by atoms with Gasteiger partial charge in [-0.2, -0.15) is 0 Å². The molecule has 0 unspecified atom stereocenters. The van der Waals surface area contributed by atoms with Crippen LogP contribution < -0.4 is 10.6 Å². The van der Waals surface area contributed by atoms with Gasteiger partial charge in [-0.15, -0.1) is 0 Å². The number of anilines is 2. The maximum Gasteiger partial charge on any atom is 0.253 e. The summed E-state index contributed by atoms with van der Waals surface area (Å²) >= 11 is 0. The first-order valence-electron chi connectivity index (χ1n) is 9.29. The van der Waals surface area contributed by atoms with E-state index in [-0.39, 0.29) is 18.4 Å². The van der Waals surface area contributed by atoms with E-state index >= 15 is 0 Å². The molecule has 1 saturated heterocycles. The molecule has 2 N–H and O–H groups in total. The summed E-state index contributed by atoms with van der Waals surface area (Å²) in [6.45, 7) is 7.63. The zero-order valence-electron chi connectivity index (χ0n) is 16.0. The molecule has 1 aromatic heterocycles. The number of benzene rings is 1. The minimum atomic E-state index is -0.229. The summed E-state index contributed by atoms with van der Waals surface area (Å²) in [5.74, 6) is 0.728. The molecule has 144 valence electrons. The molecule has 2 amide bonds. The third-order valence-electron chi connectivity index (χ3n) is 4.75. The Morgan fingerprint density at radius 1 is 1.30 bits per heavy atom. The van der Waals surface area contributed by atoms with E-state index in [1.54, 1.807) is 13.0 Å². The standard InChI is InChI=1S/C20H26N4O3/c1-13-5-4-8-24(12-13)20(26)16-6-7-17(14(2)9-16)21-11-18(25)22-19-10-15(3)23-27-19/h6-7,9-10,13,21H,4-5,8,11-12H2,1-3H3,(H,22,25)/t13-/m0/s1. The molecule has 7 heteroatoms. The fourth-order valence-electron chi connectivity index (χ4n) is 3.33. The Balaban J connectivity index is 1.57. The summed E-state index contributed by atoms with van der Waals surface area (Å²) in [6, 6.07) is 7.20. The molecule has 1 aromatic carbocycles. The van der Waals surface area contributed by atoms with Crippen LogP contribution in [0.15, 0.2) is 28.8 Å². The highest BCUT2D eigenvalue weighted by atomic mass is 16.5. The maximum atomic E-state index is 12.7. The smallest absolute Gasteiger partial charge is 0.253 e. The number of piperidine rings is 1. The van der Waals surface area contributed by atoms with E-state index in [9.17, 15) is 9.59 Å². The predicted molar refractivity (Wildman–Crippen MR) is 104 cm³/mol. The molecule has 0 spiro atoms. The highest BCUT2D eigenvalue weighted by Gasteiger charge is 2.22. The van der Waals surface area contributed by atoms with Crippen molar-refractivity contribution in [2.75, 3.05) is 30.3 Å². The molecule has 0 aliphatic carbocycles. The monoisotopic (exact) mass is 370 g/mol. The lowest BCUT2D eigenvalue weighted by atomic mass is 9.99. The summed E-state index contributed by atoms with van der Waals surface area (Å²) in [4.78, 5) is 26.6. The number of amides is 2. The molecular weight excluding hydrogens is 344 g/mol. The molecule has 0 radical (unpaired) electrons. The number of aryl methyl sites for hydroxylation is 2. The van der Waals surface area contributed by atoms with Gasteiger partial charge in [-0.25, -0.2) is 0 Å². The lowest BCUT2D eigenvalue weighted by Gasteiger charge is -2.31. The van der Waals surface area contributed by atoms with E-state index in [1.165, 1.54) is 6.42 Å². The fraction of sp³-hybridized carbons (Fsp3) is 0.450. The number of hydrogen-bond donors (Lipinski definition) is 2. The van der Waals surface area contributed by atoms with Gasteiger partial charge in [-0.1, -0.05) is 12.1 Å². The molecule has 1 aliphatic rings. The second kappa shape index (κ2) is 8.24. The van der Waals surface area contributed by atoms with Crippen LogP contribution >= 0.6 is 0 Å². The van der Waals surface area contributed by atoms with E-state index in [0.29, 0.717) is 23.1 Å². The van der Waals surface area contributed by atoms with Crippen LogP contribution in [0.3, 0.4) is 0 Å². The number of hydrogen-bond acceptors (Lipinski definition) is 5. The molecule has 3 rings (SSSR count). The Hall–Kier alpha value is -2.83. The number of carbonyl (C=O) groups is 2. The summed E-state index contributed by atoms with van der Waals surface area (Å²) in [5.41, 5.74) is 3.14. The zero-order valence-corrected chi connectivity index (χ0v) is 16.0. The normalized spacial score (nSPS) is 16.9. The Labute approximate surface area is 159 Å². The van der Waals surface area contributed by atoms with Gasteiger partial charge in [0.1, 0.15) is 0 Å². The van der Waals surface area contributed by atoms with Crippen molar-refractivity contribution in [1.29, 1.82) is 0 Å². The SMILES string of the molecule is Cc1cc(NC(=O)CNc2ccc(C(=O)N3CCC[C@H](C)C3)cc2C)on1. The molecule has 1 fully saturated rings. The lowest BCUT2D eigenvalue weighted by molar-refractivity contribution is -0.114. The number of nitrogens with zero attached hydrogens (tertiary/aromatic N) is 2. The van der Waals surface area contributed by atoms with Crippen LogP contribution in [0.1, 0.15) is 41.4 Å². The van der Waals surface area contributed by atoms with Crippen LogP contribution in [0.2, 0.25) is 0 Å². The third-order valence-corrected chi connectivity index (χ3v) is 4.75. The molecule has 27 heavy (non-hydrogen) atoms. The van der Waals surface area contributed by atoms with Crippen molar-refractivity contribution in [3.8, 4) is 0 Å². The average Bonchev–Trinajstić information content (AvgIpc) is 3.04. The number of nitrogens with one attached hydrogen (secondary N) is 2. The first kappa shape index (κ1) is 18.9. The van der Waals surface area contributed by atoms with Gasteiger partial charge in [0.15, 0.2) is 0 Å². The van der Waals surface area contributed by atoms with E-state index < -0.39 is 0 Å². The summed E-state index contributed by atoms with van der Waals surface area (Å²) in [7, 11) is 0. The number of carbonyl (C=O) groups excluding carboxylic acids is 2. The van der Waals surface area contributed by atoms with Crippen LogP contribution in [0.25, 0.3) is 0 Å². The summed E-state index contributed by atoms with van der Waals surface area (Å²) in [6.07, 6.45) is 2.24. The van der Waals surface area contributed by atoms with Crippen molar-refractivity contribution in [3.05, 3.63) is 41.1 Å². The van der Waals surface area contributed by atoms with Crippen molar-refractivity contribution in [1.82, 2.24) is 10.1 Å². The largest absolute Gasteiger partial charge is 0.376 e. The van der Waals surface area contributed by atoms with E-state index in [0.717, 1.165) is 30.8 Å². The Kier molecular flexibility index (Phi) is 5.78. The molecule has 7 nitrogen and oxygen atoms in total. The van der Waals surface area contributed by atoms with E-state index in [2.05, 4.69) is 22.7 Å². The minimum absolute atomic E-state index is 0.0784. The van der Waals surface area contributed by atoms with Crippen molar-refractivity contribution in [3.63, 3.8) is 0 Å². The molecule has 0 saturated carbocycles. The number of aromatic nitrogens is 1. The Bertz CT molecular complexity index is 830. The van der Waals surface area contributed by atoms with Crippen molar-refractivity contribution >= 4 is 23.4 Å². The molecule has 2 heterocycles. The second-order valence-electron chi connectivity index (χ2n) is 7.26. The van der Waals surface area contributed by atoms with E-state index in [4.69, 9.17) is 4.52 Å². The van der Waals surface area contributed by atoms with Gasteiger partial charge in [0.2, 0.25) is 11.8 Å². The third kappa shape index (κ3) is 4.87. The van der Waals surface area contributed by atoms with Crippen LogP contribution in [0, 0.1) is 19.8 Å². The van der Waals surface area contributed by atoms with Gasteiger partial charge in [0.05, 0.1) is 12.2 Å². The van der Waals surface area contributed by atoms with Crippen molar-refractivity contribution in [2.45, 2.75) is 33.6 Å². The highest BCUT2D eigenvalue weighted by Crippen LogP contribution is 2.21. The van der Waals surface area contributed by atoms with Gasteiger partial charge in [-0.3, -0.25) is 14.9 Å². The molecule has 0 bridgehead atoms. The highest BCUT2D eigenvalue weighted by molar-refractivity contribution is 5.95. The zero-order chi connectivity index (χ0) is 19.4. The van der Waals surface area contributed by atoms with Crippen LogP contribution in [-0.4, -0.2) is 41.5 Å². The Morgan fingerprint density at radius 3 is 2.78 bits per heavy atom. The first-order valence-corrected chi connectivity index (χ1v) is 9.29. The lowest BCUT2D eigenvalue weighted by Crippen LogP contribution is -2.39. The quantitative estimate of drug-likeness (QED) is 0.844. The molecule has 2 aromatic rings. The van der Waals surface area contributed by atoms with Gasteiger partial charge < -0.3 is 14.7 Å². The molecule has 1 atom stereocenters. The first-order chi connectivity index (χ1) is 12.9. The average molecular weight is 370 g/mol. The fourth-order valence-corrected chi connectivity index (χ4v) is 3.33. The molecular formula is C20H26N4O3. The Morgan fingerprint density at radius 2 is 2.11 bits per heavy atom. The van der Waals surface area contributed by atoms with Crippen molar-refractivity contribution in [2.24, 2.45) is 5.92 Å². The molecule has 1 aliphatic heterocycles. The topological polar surface area (TPSA) is 87.5 Å². The summed E-state index contributed by atoms with van der Waals surface area (Å²) < 4.78 is 4.97. The number of likely N-dealkylation sites (tertiary alicyclic amines) is 1. The van der Waals surface area contributed by atoms with Gasteiger partial charge in [0.25, 0.3) is 5.91 Å². The maximum absolute atomic E-state index is 12.7. The second-order valence-corrected chi connectivity index (χ2v) is 7.26. The van der Waals surface area contributed by atoms with Gasteiger partial charge in [-0.05, 0) is 56.4 Å².